The first-order chi connectivity index (χ1) is 9.81. The van der Waals surface area contributed by atoms with Gasteiger partial charge in [-0.3, -0.25) is 4.79 Å². The summed E-state index contributed by atoms with van der Waals surface area (Å²) in [6.07, 6.45) is 4.27. The highest BCUT2D eigenvalue weighted by Crippen LogP contribution is 2.20. The van der Waals surface area contributed by atoms with E-state index in [4.69, 9.17) is 4.74 Å². The lowest BCUT2D eigenvalue weighted by Gasteiger charge is -2.21. The maximum absolute atomic E-state index is 12.1. The van der Waals surface area contributed by atoms with Gasteiger partial charge in [-0.2, -0.15) is 0 Å². The first-order valence-corrected chi connectivity index (χ1v) is 7.52. The summed E-state index contributed by atoms with van der Waals surface area (Å²) in [4.78, 5) is 12.1. The van der Waals surface area contributed by atoms with Gasteiger partial charge in [0.15, 0.2) is 0 Å². The van der Waals surface area contributed by atoms with Gasteiger partial charge in [0.2, 0.25) is 5.91 Å². The zero-order valence-electron chi connectivity index (χ0n) is 11.7. The van der Waals surface area contributed by atoms with Crippen LogP contribution in [0.2, 0.25) is 0 Å². The van der Waals surface area contributed by atoms with Gasteiger partial charge < -0.3 is 15.4 Å². The SMILES string of the molecule is O=C(Nc1ccc(CNC2CC2)cc1)C1CCOCC1. The van der Waals surface area contributed by atoms with E-state index in [0.717, 1.165) is 31.1 Å². The van der Waals surface area contributed by atoms with Gasteiger partial charge in [0.05, 0.1) is 0 Å². The molecule has 3 rings (SSSR count). The molecule has 1 aliphatic carbocycles. The lowest BCUT2D eigenvalue weighted by Crippen LogP contribution is -2.28. The molecule has 108 valence electrons. The minimum atomic E-state index is 0.0972. The van der Waals surface area contributed by atoms with Crippen molar-refractivity contribution in [1.82, 2.24) is 5.32 Å². The number of carbonyl (C=O) groups excluding carboxylic acids is 1. The summed E-state index contributed by atoms with van der Waals surface area (Å²) in [5.74, 6) is 0.220. The molecule has 0 unspecified atom stereocenters. The van der Waals surface area contributed by atoms with Crippen LogP contribution in [0.1, 0.15) is 31.2 Å². The summed E-state index contributed by atoms with van der Waals surface area (Å²) in [5, 5.41) is 6.48. The van der Waals surface area contributed by atoms with Crippen molar-refractivity contribution in [3.63, 3.8) is 0 Å². The molecule has 0 spiro atoms. The van der Waals surface area contributed by atoms with Crippen molar-refractivity contribution in [2.45, 2.75) is 38.3 Å². The van der Waals surface area contributed by atoms with E-state index < -0.39 is 0 Å². The largest absolute Gasteiger partial charge is 0.381 e. The van der Waals surface area contributed by atoms with Gasteiger partial charge in [0, 0.05) is 37.4 Å². The molecule has 2 aliphatic rings. The Morgan fingerprint density at radius 1 is 1.10 bits per heavy atom. The van der Waals surface area contributed by atoms with E-state index in [2.05, 4.69) is 22.8 Å². The van der Waals surface area contributed by atoms with Crippen molar-refractivity contribution in [2.75, 3.05) is 18.5 Å². The topological polar surface area (TPSA) is 50.4 Å². The van der Waals surface area contributed by atoms with Crippen LogP contribution >= 0.6 is 0 Å². The second kappa shape index (κ2) is 6.37. The van der Waals surface area contributed by atoms with Gasteiger partial charge in [-0.05, 0) is 43.4 Å². The van der Waals surface area contributed by atoms with Crippen LogP contribution in [0.4, 0.5) is 5.69 Å². The zero-order chi connectivity index (χ0) is 13.8. The number of rotatable bonds is 5. The minimum Gasteiger partial charge on any atom is -0.381 e. The number of ether oxygens (including phenoxy) is 1. The predicted octanol–water partition coefficient (Wildman–Crippen LogP) is 2.30. The first-order valence-electron chi connectivity index (χ1n) is 7.52. The molecule has 2 N–H and O–H groups in total. The summed E-state index contributed by atoms with van der Waals surface area (Å²) < 4.78 is 5.28. The van der Waals surface area contributed by atoms with Crippen molar-refractivity contribution < 1.29 is 9.53 Å². The van der Waals surface area contributed by atoms with E-state index >= 15 is 0 Å². The Bertz CT molecular complexity index is 448. The molecule has 4 nitrogen and oxygen atoms in total. The summed E-state index contributed by atoms with van der Waals surface area (Å²) in [5.41, 5.74) is 2.15. The average molecular weight is 274 g/mol. The molecule has 20 heavy (non-hydrogen) atoms. The summed E-state index contributed by atoms with van der Waals surface area (Å²) in [6.45, 7) is 2.31. The van der Waals surface area contributed by atoms with E-state index in [1.54, 1.807) is 0 Å². The van der Waals surface area contributed by atoms with Crippen molar-refractivity contribution in [2.24, 2.45) is 5.92 Å². The van der Waals surface area contributed by atoms with E-state index in [9.17, 15) is 4.79 Å². The fraction of sp³-hybridized carbons (Fsp3) is 0.562. The van der Waals surface area contributed by atoms with Gasteiger partial charge in [-0.15, -0.1) is 0 Å². The quantitative estimate of drug-likeness (QED) is 0.866. The smallest absolute Gasteiger partial charge is 0.227 e. The van der Waals surface area contributed by atoms with Crippen molar-refractivity contribution >= 4 is 11.6 Å². The molecule has 0 bridgehead atoms. The molecule has 0 atom stereocenters. The molecule has 0 aromatic heterocycles. The van der Waals surface area contributed by atoms with E-state index in [0.29, 0.717) is 13.2 Å². The molecule has 1 amide bonds. The maximum atomic E-state index is 12.1. The highest BCUT2D eigenvalue weighted by molar-refractivity contribution is 5.92. The number of anilines is 1. The number of carbonyl (C=O) groups is 1. The number of hydrogen-bond acceptors (Lipinski definition) is 3. The minimum absolute atomic E-state index is 0.0972. The van der Waals surface area contributed by atoms with Gasteiger partial charge >= 0.3 is 0 Å². The highest BCUT2D eigenvalue weighted by atomic mass is 16.5. The fourth-order valence-electron chi connectivity index (χ4n) is 2.46. The fourth-order valence-corrected chi connectivity index (χ4v) is 2.46. The predicted molar refractivity (Wildman–Crippen MR) is 78.5 cm³/mol. The third-order valence-electron chi connectivity index (χ3n) is 3.99. The molecule has 1 heterocycles. The molecular weight excluding hydrogens is 252 g/mol. The number of nitrogens with one attached hydrogen (secondary N) is 2. The third kappa shape index (κ3) is 3.81. The van der Waals surface area contributed by atoms with Crippen LogP contribution in [0.25, 0.3) is 0 Å². The molecule has 2 fully saturated rings. The van der Waals surface area contributed by atoms with E-state index in [1.807, 2.05) is 12.1 Å². The molecule has 4 heteroatoms. The van der Waals surface area contributed by atoms with Gasteiger partial charge in [0.1, 0.15) is 0 Å². The van der Waals surface area contributed by atoms with E-state index in [-0.39, 0.29) is 11.8 Å². The molecule has 1 aromatic rings. The van der Waals surface area contributed by atoms with Gasteiger partial charge in [-0.1, -0.05) is 12.1 Å². The van der Waals surface area contributed by atoms with Crippen LogP contribution in [0.3, 0.4) is 0 Å². The van der Waals surface area contributed by atoms with Crippen LogP contribution in [0.15, 0.2) is 24.3 Å². The molecule has 1 aliphatic heterocycles. The second-order valence-corrected chi connectivity index (χ2v) is 5.73. The van der Waals surface area contributed by atoms with Gasteiger partial charge in [-0.25, -0.2) is 0 Å². The Hall–Kier alpha value is -1.39. The summed E-state index contributed by atoms with van der Waals surface area (Å²) >= 11 is 0. The molecular formula is C16H22N2O2. The van der Waals surface area contributed by atoms with E-state index in [1.165, 1.54) is 18.4 Å². The highest BCUT2D eigenvalue weighted by Gasteiger charge is 2.21. The third-order valence-corrected chi connectivity index (χ3v) is 3.99. The van der Waals surface area contributed by atoms with Crippen LogP contribution in [0.5, 0.6) is 0 Å². The number of amides is 1. The average Bonchev–Trinajstić information content (AvgIpc) is 3.32. The van der Waals surface area contributed by atoms with Crippen molar-refractivity contribution in [3.05, 3.63) is 29.8 Å². The van der Waals surface area contributed by atoms with Gasteiger partial charge in [0.25, 0.3) is 0 Å². The Kier molecular flexibility index (Phi) is 4.33. The standard InChI is InChI=1S/C16H22N2O2/c19-16(13-7-9-20-10-8-13)18-15-3-1-12(2-4-15)11-17-14-5-6-14/h1-4,13-14,17H,5-11H2,(H,18,19). The Balaban J connectivity index is 1.49. The second-order valence-electron chi connectivity index (χ2n) is 5.73. The molecule has 1 aromatic carbocycles. The zero-order valence-corrected chi connectivity index (χ0v) is 11.7. The maximum Gasteiger partial charge on any atom is 0.227 e. The van der Waals surface area contributed by atoms with Crippen LogP contribution in [-0.2, 0) is 16.1 Å². The summed E-state index contributed by atoms with van der Waals surface area (Å²) in [7, 11) is 0. The monoisotopic (exact) mass is 274 g/mol. The molecule has 0 radical (unpaired) electrons. The number of hydrogen-bond donors (Lipinski definition) is 2. The Morgan fingerprint density at radius 3 is 2.45 bits per heavy atom. The van der Waals surface area contributed by atoms with Crippen LogP contribution < -0.4 is 10.6 Å². The lowest BCUT2D eigenvalue weighted by molar-refractivity contribution is -0.122. The Labute approximate surface area is 119 Å². The Morgan fingerprint density at radius 2 is 1.80 bits per heavy atom. The lowest BCUT2D eigenvalue weighted by atomic mass is 9.99. The summed E-state index contributed by atoms with van der Waals surface area (Å²) in [6, 6.07) is 8.86. The normalized spacial score (nSPS) is 19.8. The first kappa shape index (κ1) is 13.6. The van der Waals surface area contributed by atoms with Crippen LogP contribution in [0, 0.1) is 5.92 Å². The van der Waals surface area contributed by atoms with Crippen LogP contribution in [-0.4, -0.2) is 25.2 Å². The van der Waals surface area contributed by atoms with Crippen molar-refractivity contribution in [3.8, 4) is 0 Å². The van der Waals surface area contributed by atoms with Crippen molar-refractivity contribution in [1.29, 1.82) is 0 Å². The molecule has 1 saturated heterocycles. The molecule has 1 saturated carbocycles. The number of benzene rings is 1.